The Bertz CT molecular complexity index is 1160. The second-order valence-corrected chi connectivity index (χ2v) is 6.87. The van der Waals surface area contributed by atoms with E-state index >= 15 is 0 Å². The van der Waals surface area contributed by atoms with Gasteiger partial charge in [0.1, 0.15) is 12.7 Å². The van der Waals surface area contributed by atoms with Crippen molar-refractivity contribution in [1.29, 1.82) is 0 Å². The van der Waals surface area contributed by atoms with Crippen molar-refractivity contribution in [3.63, 3.8) is 0 Å². The summed E-state index contributed by atoms with van der Waals surface area (Å²) >= 11 is 0. The number of para-hydroxylation sites is 1. The maximum Gasteiger partial charge on any atom is 0.254 e. The van der Waals surface area contributed by atoms with Crippen LogP contribution in [0, 0.1) is 0 Å². The third-order valence-corrected chi connectivity index (χ3v) is 5.23. The van der Waals surface area contributed by atoms with Crippen LogP contribution in [0.1, 0.15) is 22.3 Å². The van der Waals surface area contributed by atoms with Gasteiger partial charge in [-0.2, -0.15) is 5.10 Å². The normalized spacial score (nSPS) is 14.3. The molecule has 6 heteroatoms. The predicted octanol–water partition coefficient (Wildman–Crippen LogP) is 3.68. The number of aromatic amines is 1. The lowest BCUT2D eigenvalue weighted by molar-refractivity contribution is 0.0773. The average Bonchev–Trinajstić information content (AvgIpc) is 3.44. The summed E-state index contributed by atoms with van der Waals surface area (Å²) in [4.78, 5) is 22.0. The highest BCUT2D eigenvalue weighted by Gasteiger charge is 2.20. The van der Waals surface area contributed by atoms with Gasteiger partial charge in [0, 0.05) is 41.3 Å². The van der Waals surface area contributed by atoms with Gasteiger partial charge in [-0.15, -0.1) is 0 Å². The summed E-state index contributed by atoms with van der Waals surface area (Å²) in [6.07, 6.45) is 8.21. The third-order valence-electron chi connectivity index (χ3n) is 5.23. The molecule has 28 heavy (non-hydrogen) atoms. The molecule has 1 aliphatic heterocycles. The first kappa shape index (κ1) is 16.5. The summed E-state index contributed by atoms with van der Waals surface area (Å²) in [6, 6.07) is 15.8. The molecule has 0 bridgehead atoms. The van der Waals surface area contributed by atoms with Crippen LogP contribution in [0.4, 0.5) is 0 Å². The van der Waals surface area contributed by atoms with E-state index in [-0.39, 0.29) is 5.91 Å². The van der Waals surface area contributed by atoms with Crippen LogP contribution in [-0.4, -0.2) is 43.6 Å². The van der Waals surface area contributed by atoms with E-state index in [1.54, 1.807) is 11.0 Å². The zero-order chi connectivity index (χ0) is 18.9. The minimum absolute atomic E-state index is 0.0550. The molecule has 2 aromatic heterocycles. The van der Waals surface area contributed by atoms with Crippen molar-refractivity contribution in [3.8, 4) is 5.69 Å². The van der Waals surface area contributed by atoms with Gasteiger partial charge in [-0.3, -0.25) is 4.79 Å². The number of benzene rings is 2. The lowest BCUT2D eigenvalue weighted by Crippen LogP contribution is -2.34. The first-order valence-electron chi connectivity index (χ1n) is 9.29. The molecule has 1 N–H and O–H groups in total. The standard InChI is InChI=1S/C22H19N5O/c28-22(17-5-7-18(8-6-17)27-15-23-14-25-27)26-11-9-16(10-12-26)20-13-24-21-4-2-1-3-19(20)21/h1-9,13-15,24H,10-12H2. The van der Waals surface area contributed by atoms with Crippen molar-refractivity contribution in [1.82, 2.24) is 24.6 Å². The fourth-order valence-corrected chi connectivity index (χ4v) is 3.72. The van der Waals surface area contributed by atoms with Gasteiger partial charge in [0.25, 0.3) is 5.91 Å². The summed E-state index contributed by atoms with van der Waals surface area (Å²) in [7, 11) is 0. The van der Waals surface area contributed by atoms with Gasteiger partial charge in [-0.05, 0) is 42.3 Å². The van der Waals surface area contributed by atoms with Crippen LogP contribution in [0.2, 0.25) is 0 Å². The molecule has 5 rings (SSSR count). The van der Waals surface area contributed by atoms with Crippen molar-refractivity contribution in [2.45, 2.75) is 6.42 Å². The SMILES string of the molecule is O=C(c1ccc(-n2cncn2)cc1)N1CC=C(c2c[nH]c3ccccc23)CC1. The molecule has 3 heterocycles. The minimum atomic E-state index is 0.0550. The molecule has 1 aliphatic rings. The third kappa shape index (κ3) is 2.89. The molecule has 4 aromatic rings. The molecule has 0 atom stereocenters. The largest absolute Gasteiger partial charge is 0.361 e. The van der Waals surface area contributed by atoms with Crippen molar-refractivity contribution in [2.24, 2.45) is 0 Å². The quantitative estimate of drug-likeness (QED) is 0.599. The summed E-state index contributed by atoms with van der Waals surface area (Å²) in [6.45, 7) is 1.34. The molecule has 6 nitrogen and oxygen atoms in total. The van der Waals surface area contributed by atoms with Crippen LogP contribution in [0.3, 0.4) is 0 Å². The van der Waals surface area contributed by atoms with Crippen molar-refractivity contribution >= 4 is 22.4 Å². The van der Waals surface area contributed by atoms with E-state index in [9.17, 15) is 4.79 Å². The Balaban J connectivity index is 1.32. The van der Waals surface area contributed by atoms with Crippen LogP contribution in [0.25, 0.3) is 22.2 Å². The molecule has 138 valence electrons. The smallest absolute Gasteiger partial charge is 0.254 e. The zero-order valence-corrected chi connectivity index (χ0v) is 15.2. The Labute approximate surface area is 162 Å². The second-order valence-electron chi connectivity index (χ2n) is 6.87. The number of carbonyl (C=O) groups excluding carboxylic acids is 1. The molecule has 0 fully saturated rings. The number of rotatable bonds is 3. The van der Waals surface area contributed by atoms with E-state index in [1.807, 2.05) is 35.2 Å². The fourth-order valence-electron chi connectivity index (χ4n) is 3.72. The van der Waals surface area contributed by atoms with E-state index in [0.717, 1.165) is 24.2 Å². The summed E-state index contributed by atoms with van der Waals surface area (Å²) < 4.78 is 1.67. The number of carbonyl (C=O) groups is 1. The molecule has 0 radical (unpaired) electrons. The predicted molar refractivity (Wildman–Crippen MR) is 108 cm³/mol. The van der Waals surface area contributed by atoms with Crippen LogP contribution < -0.4 is 0 Å². The zero-order valence-electron chi connectivity index (χ0n) is 15.2. The lowest BCUT2D eigenvalue weighted by atomic mass is 9.98. The molecule has 0 saturated carbocycles. The fraction of sp³-hybridized carbons (Fsp3) is 0.136. The van der Waals surface area contributed by atoms with Crippen molar-refractivity contribution in [3.05, 3.63) is 84.6 Å². The van der Waals surface area contributed by atoms with Crippen LogP contribution in [-0.2, 0) is 0 Å². The summed E-state index contributed by atoms with van der Waals surface area (Å²) in [5.74, 6) is 0.0550. The van der Waals surface area contributed by atoms with E-state index in [1.165, 1.54) is 22.9 Å². The Morgan fingerprint density at radius 2 is 1.93 bits per heavy atom. The van der Waals surface area contributed by atoms with E-state index in [0.29, 0.717) is 12.1 Å². The van der Waals surface area contributed by atoms with Gasteiger partial charge >= 0.3 is 0 Å². The molecule has 2 aromatic carbocycles. The average molecular weight is 369 g/mol. The number of hydrogen-bond acceptors (Lipinski definition) is 3. The second kappa shape index (κ2) is 6.81. The van der Waals surface area contributed by atoms with E-state index < -0.39 is 0 Å². The lowest BCUT2D eigenvalue weighted by Gasteiger charge is -2.26. The number of H-pyrrole nitrogens is 1. The number of aromatic nitrogens is 4. The highest BCUT2D eigenvalue weighted by Crippen LogP contribution is 2.29. The van der Waals surface area contributed by atoms with E-state index in [2.05, 4.69) is 45.5 Å². The Morgan fingerprint density at radius 1 is 1.07 bits per heavy atom. The molecular formula is C22H19N5O. The Hall–Kier alpha value is -3.67. The summed E-state index contributed by atoms with van der Waals surface area (Å²) in [5, 5.41) is 5.34. The topological polar surface area (TPSA) is 66.8 Å². The van der Waals surface area contributed by atoms with Crippen LogP contribution in [0.5, 0.6) is 0 Å². The highest BCUT2D eigenvalue weighted by molar-refractivity contribution is 5.96. The molecule has 1 amide bonds. The number of hydrogen-bond donors (Lipinski definition) is 1. The Kier molecular flexibility index (Phi) is 4.01. The highest BCUT2D eigenvalue weighted by atomic mass is 16.2. The van der Waals surface area contributed by atoms with Crippen molar-refractivity contribution in [2.75, 3.05) is 13.1 Å². The van der Waals surface area contributed by atoms with E-state index in [4.69, 9.17) is 0 Å². The van der Waals surface area contributed by atoms with Crippen LogP contribution in [0.15, 0.2) is 73.5 Å². The van der Waals surface area contributed by atoms with Gasteiger partial charge < -0.3 is 9.88 Å². The number of nitrogens with one attached hydrogen (secondary N) is 1. The molecule has 0 unspecified atom stereocenters. The first-order valence-corrected chi connectivity index (χ1v) is 9.29. The number of amides is 1. The Morgan fingerprint density at radius 3 is 2.68 bits per heavy atom. The van der Waals surface area contributed by atoms with Gasteiger partial charge in [0.15, 0.2) is 0 Å². The monoisotopic (exact) mass is 369 g/mol. The van der Waals surface area contributed by atoms with Crippen LogP contribution >= 0.6 is 0 Å². The summed E-state index contributed by atoms with van der Waals surface area (Å²) in [5.41, 5.74) is 5.24. The number of nitrogens with zero attached hydrogens (tertiary/aromatic N) is 4. The van der Waals surface area contributed by atoms with Gasteiger partial charge in [0.2, 0.25) is 0 Å². The van der Waals surface area contributed by atoms with Gasteiger partial charge in [-0.25, -0.2) is 9.67 Å². The molecule has 0 aliphatic carbocycles. The molecule has 0 saturated heterocycles. The number of fused-ring (bicyclic) bond motifs is 1. The van der Waals surface area contributed by atoms with Crippen molar-refractivity contribution < 1.29 is 4.79 Å². The maximum atomic E-state index is 12.9. The molecular weight excluding hydrogens is 350 g/mol. The van der Waals surface area contributed by atoms with Gasteiger partial charge in [0.05, 0.1) is 5.69 Å². The maximum absolute atomic E-state index is 12.9. The first-order chi connectivity index (χ1) is 13.8. The molecule has 0 spiro atoms. The minimum Gasteiger partial charge on any atom is -0.361 e. The van der Waals surface area contributed by atoms with Gasteiger partial charge in [-0.1, -0.05) is 24.3 Å².